The number of rotatable bonds is 5. The van der Waals surface area contributed by atoms with Gasteiger partial charge in [0.15, 0.2) is 0 Å². The van der Waals surface area contributed by atoms with Gasteiger partial charge >= 0.3 is 0 Å². The molecular formula is C24H31BrN2O. The van der Waals surface area contributed by atoms with Crippen molar-refractivity contribution in [3.63, 3.8) is 0 Å². The molecule has 0 saturated carbocycles. The predicted molar refractivity (Wildman–Crippen MR) is 120 cm³/mol. The molecule has 2 aromatic carbocycles. The number of hydrogen-bond acceptors (Lipinski definition) is 3. The minimum atomic E-state index is 0.555. The van der Waals surface area contributed by atoms with Crippen LogP contribution in [-0.2, 0) is 6.54 Å². The van der Waals surface area contributed by atoms with Crippen molar-refractivity contribution in [2.75, 3.05) is 12.4 Å². The molecular weight excluding hydrogens is 412 g/mol. The van der Waals surface area contributed by atoms with E-state index in [1.54, 1.807) is 7.11 Å². The Morgan fingerprint density at radius 3 is 2.50 bits per heavy atom. The van der Waals surface area contributed by atoms with Crippen LogP contribution in [0.3, 0.4) is 0 Å². The van der Waals surface area contributed by atoms with Crippen molar-refractivity contribution in [2.24, 2.45) is 0 Å². The first-order valence-electron chi connectivity index (χ1n) is 10.5. The molecule has 2 fully saturated rings. The zero-order valence-corrected chi connectivity index (χ0v) is 18.8. The topological polar surface area (TPSA) is 24.5 Å². The summed E-state index contributed by atoms with van der Waals surface area (Å²) in [6, 6.07) is 14.9. The number of benzene rings is 2. The van der Waals surface area contributed by atoms with Crippen LogP contribution < -0.4 is 10.1 Å². The normalized spacial score (nSPS) is 24.8. The van der Waals surface area contributed by atoms with Gasteiger partial charge in [0, 0.05) is 34.8 Å². The quantitative estimate of drug-likeness (QED) is 0.607. The van der Waals surface area contributed by atoms with Gasteiger partial charge in [0.1, 0.15) is 5.75 Å². The second kappa shape index (κ2) is 8.46. The van der Waals surface area contributed by atoms with E-state index in [0.29, 0.717) is 18.1 Å². The largest absolute Gasteiger partial charge is 0.496 e. The summed E-state index contributed by atoms with van der Waals surface area (Å²) >= 11 is 3.68. The molecule has 0 aliphatic carbocycles. The standard InChI is InChI=1S/C24H31BrN2O/c1-16-11-18(12-24(28-3)17(16)2)15-27-20-7-6-8-21(27)14-19(13-20)26-23-10-5-4-9-22(23)25/h4-5,9-12,19-21,26H,6-8,13-15H2,1-3H3. The molecule has 2 atom stereocenters. The van der Waals surface area contributed by atoms with Gasteiger partial charge < -0.3 is 10.1 Å². The molecule has 3 nitrogen and oxygen atoms in total. The monoisotopic (exact) mass is 442 g/mol. The number of halogens is 1. The van der Waals surface area contributed by atoms with Gasteiger partial charge in [-0.15, -0.1) is 0 Å². The molecule has 0 amide bonds. The fourth-order valence-electron chi connectivity index (χ4n) is 5.07. The minimum Gasteiger partial charge on any atom is -0.496 e. The van der Waals surface area contributed by atoms with Gasteiger partial charge in [0.2, 0.25) is 0 Å². The number of piperidine rings is 2. The maximum Gasteiger partial charge on any atom is 0.122 e. The highest BCUT2D eigenvalue weighted by atomic mass is 79.9. The Labute approximate surface area is 177 Å². The van der Waals surface area contributed by atoms with Crippen molar-refractivity contribution in [3.8, 4) is 5.75 Å². The van der Waals surface area contributed by atoms with Crippen molar-refractivity contribution in [3.05, 3.63) is 57.6 Å². The summed E-state index contributed by atoms with van der Waals surface area (Å²) in [5.41, 5.74) is 5.18. The number of hydrogen-bond donors (Lipinski definition) is 1. The zero-order valence-electron chi connectivity index (χ0n) is 17.2. The van der Waals surface area contributed by atoms with Crippen LogP contribution in [0.1, 0.15) is 48.8 Å². The second-order valence-corrected chi connectivity index (χ2v) is 9.30. The van der Waals surface area contributed by atoms with Crippen molar-refractivity contribution in [1.82, 2.24) is 4.90 Å². The first-order valence-corrected chi connectivity index (χ1v) is 11.3. The number of ether oxygens (including phenoxy) is 1. The summed E-state index contributed by atoms with van der Waals surface area (Å²) in [6.45, 7) is 5.37. The molecule has 28 heavy (non-hydrogen) atoms. The number of para-hydroxylation sites is 1. The Balaban J connectivity index is 1.49. The summed E-state index contributed by atoms with van der Waals surface area (Å²) in [5.74, 6) is 1.02. The smallest absolute Gasteiger partial charge is 0.122 e. The average molecular weight is 443 g/mol. The maximum atomic E-state index is 5.61. The fourth-order valence-corrected chi connectivity index (χ4v) is 5.47. The van der Waals surface area contributed by atoms with Gasteiger partial charge in [0.25, 0.3) is 0 Å². The third-order valence-electron chi connectivity index (χ3n) is 6.62. The van der Waals surface area contributed by atoms with E-state index in [4.69, 9.17) is 4.74 Å². The van der Waals surface area contributed by atoms with E-state index >= 15 is 0 Å². The molecule has 0 spiro atoms. The Kier molecular flexibility index (Phi) is 5.98. The predicted octanol–water partition coefficient (Wildman–Crippen LogP) is 6.07. The molecule has 4 heteroatoms. The number of methoxy groups -OCH3 is 1. The lowest BCUT2D eigenvalue weighted by Crippen LogP contribution is -2.54. The summed E-state index contributed by atoms with van der Waals surface area (Å²) in [5, 5.41) is 3.80. The number of nitrogens with zero attached hydrogens (tertiary/aromatic N) is 1. The average Bonchev–Trinajstić information content (AvgIpc) is 2.67. The Morgan fingerprint density at radius 1 is 1.11 bits per heavy atom. The fraction of sp³-hybridized carbons (Fsp3) is 0.500. The summed E-state index contributed by atoms with van der Waals surface area (Å²) in [4.78, 5) is 2.77. The zero-order chi connectivity index (χ0) is 19.7. The molecule has 2 saturated heterocycles. The van der Waals surface area contributed by atoms with Crippen LogP contribution in [0.15, 0.2) is 40.9 Å². The molecule has 0 radical (unpaired) electrons. The first kappa shape index (κ1) is 19.8. The third-order valence-corrected chi connectivity index (χ3v) is 7.32. The van der Waals surface area contributed by atoms with E-state index < -0.39 is 0 Å². The van der Waals surface area contributed by atoms with Gasteiger partial charge in [-0.2, -0.15) is 0 Å². The summed E-state index contributed by atoms with van der Waals surface area (Å²) < 4.78 is 6.77. The first-order chi connectivity index (χ1) is 13.5. The minimum absolute atomic E-state index is 0.555. The van der Waals surface area contributed by atoms with Gasteiger partial charge in [-0.3, -0.25) is 4.90 Å². The summed E-state index contributed by atoms with van der Waals surface area (Å²) in [7, 11) is 1.78. The van der Waals surface area contributed by atoms with Crippen molar-refractivity contribution < 1.29 is 4.74 Å². The van der Waals surface area contributed by atoms with Crippen LogP contribution in [0.2, 0.25) is 0 Å². The van der Waals surface area contributed by atoms with Gasteiger partial charge in [-0.05, 0) is 90.4 Å². The lowest BCUT2D eigenvalue weighted by molar-refractivity contribution is 0.0277. The van der Waals surface area contributed by atoms with Crippen LogP contribution >= 0.6 is 15.9 Å². The highest BCUT2D eigenvalue weighted by Crippen LogP contribution is 2.37. The van der Waals surface area contributed by atoms with E-state index in [1.807, 2.05) is 0 Å². The molecule has 2 aromatic rings. The van der Waals surface area contributed by atoms with Gasteiger partial charge in [0.05, 0.1) is 7.11 Å². The highest BCUT2D eigenvalue weighted by Gasteiger charge is 2.38. The molecule has 0 aromatic heterocycles. The SMILES string of the molecule is COc1cc(CN2C3CCCC2CC(Nc2ccccc2Br)C3)cc(C)c1C. The van der Waals surface area contributed by atoms with E-state index in [-0.39, 0.29) is 0 Å². The maximum absolute atomic E-state index is 5.61. The lowest BCUT2D eigenvalue weighted by atomic mass is 9.81. The van der Waals surface area contributed by atoms with Crippen molar-refractivity contribution in [1.29, 1.82) is 0 Å². The lowest BCUT2D eigenvalue weighted by Gasteiger charge is -2.49. The van der Waals surface area contributed by atoms with Gasteiger partial charge in [-0.1, -0.05) is 24.6 Å². The van der Waals surface area contributed by atoms with Crippen LogP contribution in [0.4, 0.5) is 5.69 Å². The van der Waals surface area contributed by atoms with Crippen LogP contribution in [-0.4, -0.2) is 30.1 Å². The van der Waals surface area contributed by atoms with Crippen LogP contribution in [0.5, 0.6) is 5.75 Å². The molecule has 2 aliphatic heterocycles. The summed E-state index contributed by atoms with van der Waals surface area (Å²) in [6.07, 6.45) is 6.43. The van der Waals surface area contributed by atoms with Crippen molar-refractivity contribution >= 4 is 21.6 Å². The number of aryl methyl sites for hydroxylation is 1. The Hall–Kier alpha value is -1.52. The molecule has 2 unspecified atom stereocenters. The molecule has 1 N–H and O–H groups in total. The van der Waals surface area contributed by atoms with E-state index in [0.717, 1.165) is 16.8 Å². The molecule has 2 aliphatic rings. The van der Waals surface area contributed by atoms with Crippen LogP contribution in [0, 0.1) is 13.8 Å². The highest BCUT2D eigenvalue weighted by molar-refractivity contribution is 9.10. The van der Waals surface area contributed by atoms with Crippen molar-refractivity contribution in [2.45, 2.75) is 70.6 Å². The van der Waals surface area contributed by atoms with E-state index in [2.05, 4.69) is 76.4 Å². The molecule has 2 bridgehead atoms. The molecule has 2 heterocycles. The van der Waals surface area contributed by atoms with E-state index in [1.165, 1.54) is 54.5 Å². The number of anilines is 1. The number of nitrogens with one attached hydrogen (secondary N) is 1. The van der Waals surface area contributed by atoms with Gasteiger partial charge in [-0.25, -0.2) is 0 Å². The molecule has 4 rings (SSSR count). The third kappa shape index (κ3) is 4.08. The Bertz CT molecular complexity index is 823. The number of fused-ring (bicyclic) bond motifs is 2. The Morgan fingerprint density at radius 2 is 1.82 bits per heavy atom. The second-order valence-electron chi connectivity index (χ2n) is 8.44. The van der Waals surface area contributed by atoms with Crippen LogP contribution in [0.25, 0.3) is 0 Å². The van der Waals surface area contributed by atoms with E-state index in [9.17, 15) is 0 Å². The molecule has 150 valence electrons.